The standard InChI is InChI=1S/C16H25N3O3S.ClH/c1-12-7-8-14(18-16(20)13(2)17)11-15(12)23(21,22)19-9-5-3-4-6-10-19;/h7-8,11,13H,3-6,9-10,17H2,1-2H3,(H,18,20);1H/t13-;/m1./s1. The smallest absolute Gasteiger partial charge is 0.243 e. The summed E-state index contributed by atoms with van der Waals surface area (Å²) >= 11 is 0. The third-order valence-corrected chi connectivity index (χ3v) is 6.09. The maximum Gasteiger partial charge on any atom is 0.243 e. The molecular formula is C16H26ClN3O3S. The Morgan fingerprint density at radius 2 is 1.79 bits per heavy atom. The molecule has 0 aromatic heterocycles. The van der Waals surface area contributed by atoms with Gasteiger partial charge < -0.3 is 11.1 Å². The van der Waals surface area contributed by atoms with Crippen LogP contribution in [0.1, 0.15) is 38.2 Å². The molecule has 6 nitrogen and oxygen atoms in total. The number of sulfonamides is 1. The first kappa shape index (κ1) is 20.9. The average molecular weight is 376 g/mol. The van der Waals surface area contributed by atoms with E-state index in [-0.39, 0.29) is 23.2 Å². The third kappa shape index (κ3) is 4.92. The van der Waals surface area contributed by atoms with Crippen LogP contribution < -0.4 is 11.1 Å². The molecule has 1 fully saturated rings. The van der Waals surface area contributed by atoms with Gasteiger partial charge in [-0.15, -0.1) is 12.4 Å². The number of rotatable bonds is 4. The molecule has 1 aliphatic rings. The van der Waals surface area contributed by atoms with Crippen molar-refractivity contribution < 1.29 is 13.2 Å². The number of halogens is 1. The van der Waals surface area contributed by atoms with Crippen molar-refractivity contribution in [3.05, 3.63) is 23.8 Å². The summed E-state index contributed by atoms with van der Waals surface area (Å²) < 4.78 is 27.4. The maximum absolute atomic E-state index is 12.9. The molecule has 1 saturated heterocycles. The molecule has 0 saturated carbocycles. The summed E-state index contributed by atoms with van der Waals surface area (Å²) in [5.41, 5.74) is 6.66. The SMILES string of the molecule is Cc1ccc(NC(=O)[C@@H](C)N)cc1S(=O)(=O)N1CCCCCC1.Cl. The molecule has 136 valence electrons. The second-order valence-corrected chi connectivity index (χ2v) is 7.98. The lowest BCUT2D eigenvalue weighted by Gasteiger charge is -2.21. The Hall–Kier alpha value is -1.15. The van der Waals surface area contributed by atoms with Crippen LogP contribution in [0.25, 0.3) is 0 Å². The lowest BCUT2D eigenvalue weighted by molar-refractivity contribution is -0.117. The number of benzene rings is 1. The maximum atomic E-state index is 12.9. The van der Waals surface area contributed by atoms with Crippen LogP contribution in [0.4, 0.5) is 5.69 Å². The molecule has 1 amide bonds. The van der Waals surface area contributed by atoms with Gasteiger partial charge in [0, 0.05) is 18.8 Å². The van der Waals surface area contributed by atoms with Crippen LogP contribution in [0.3, 0.4) is 0 Å². The highest BCUT2D eigenvalue weighted by Gasteiger charge is 2.27. The number of anilines is 1. The van der Waals surface area contributed by atoms with Crippen molar-refractivity contribution in [2.45, 2.75) is 50.5 Å². The molecule has 3 N–H and O–H groups in total. The zero-order valence-corrected chi connectivity index (χ0v) is 15.8. The van der Waals surface area contributed by atoms with Gasteiger partial charge in [-0.05, 0) is 44.4 Å². The van der Waals surface area contributed by atoms with E-state index in [0.29, 0.717) is 24.3 Å². The van der Waals surface area contributed by atoms with Crippen molar-refractivity contribution in [1.82, 2.24) is 4.31 Å². The van der Waals surface area contributed by atoms with E-state index >= 15 is 0 Å². The van der Waals surface area contributed by atoms with Gasteiger partial charge in [0.05, 0.1) is 10.9 Å². The topological polar surface area (TPSA) is 92.5 Å². The number of nitrogens with two attached hydrogens (primary N) is 1. The zero-order valence-electron chi connectivity index (χ0n) is 14.1. The molecule has 0 bridgehead atoms. The largest absolute Gasteiger partial charge is 0.325 e. The summed E-state index contributed by atoms with van der Waals surface area (Å²) in [4.78, 5) is 12.0. The van der Waals surface area contributed by atoms with E-state index in [4.69, 9.17) is 5.73 Å². The third-order valence-electron chi connectivity index (χ3n) is 4.05. The van der Waals surface area contributed by atoms with Crippen LogP contribution >= 0.6 is 12.4 Å². The number of aryl methyl sites for hydroxylation is 1. The molecular weight excluding hydrogens is 350 g/mol. The number of carbonyl (C=O) groups excluding carboxylic acids is 1. The first-order valence-electron chi connectivity index (χ1n) is 7.99. The Balaban J connectivity index is 0.00000288. The lowest BCUT2D eigenvalue weighted by Crippen LogP contribution is -2.33. The molecule has 1 aromatic rings. The number of hydrogen-bond donors (Lipinski definition) is 2. The zero-order chi connectivity index (χ0) is 17.0. The number of nitrogens with one attached hydrogen (secondary N) is 1. The van der Waals surface area contributed by atoms with E-state index in [1.54, 1.807) is 30.3 Å². The number of hydrogen-bond acceptors (Lipinski definition) is 4. The van der Waals surface area contributed by atoms with Gasteiger partial charge in [-0.2, -0.15) is 4.31 Å². The fraction of sp³-hybridized carbons (Fsp3) is 0.562. The highest BCUT2D eigenvalue weighted by Crippen LogP contribution is 2.25. The molecule has 2 rings (SSSR count). The summed E-state index contributed by atoms with van der Waals surface area (Å²) in [5, 5.41) is 2.65. The Bertz CT molecular complexity index is 669. The highest BCUT2D eigenvalue weighted by atomic mass is 35.5. The number of amides is 1. The summed E-state index contributed by atoms with van der Waals surface area (Å²) in [7, 11) is -3.54. The first-order chi connectivity index (χ1) is 10.8. The van der Waals surface area contributed by atoms with E-state index < -0.39 is 16.1 Å². The Morgan fingerprint density at radius 1 is 1.21 bits per heavy atom. The van der Waals surface area contributed by atoms with Gasteiger partial charge >= 0.3 is 0 Å². The van der Waals surface area contributed by atoms with Gasteiger partial charge in [0.15, 0.2) is 0 Å². The minimum Gasteiger partial charge on any atom is -0.325 e. The van der Waals surface area contributed by atoms with Crippen LogP contribution in [0.15, 0.2) is 23.1 Å². The molecule has 1 atom stereocenters. The molecule has 0 radical (unpaired) electrons. The molecule has 1 heterocycles. The Kier molecular flexibility index (Phi) is 7.66. The second kappa shape index (κ2) is 8.80. The summed E-state index contributed by atoms with van der Waals surface area (Å²) in [6, 6.07) is 4.27. The number of carbonyl (C=O) groups is 1. The van der Waals surface area contributed by atoms with Gasteiger partial charge in [-0.1, -0.05) is 18.9 Å². The fourth-order valence-corrected chi connectivity index (χ4v) is 4.40. The minimum absolute atomic E-state index is 0. The van der Waals surface area contributed by atoms with E-state index in [0.717, 1.165) is 25.7 Å². The summed E-state index contributed by atoms with van der Waals surface area (Å²) in [5.74, 6) is -0.341. The van der Waals surface area contributed by atoms with Gasteiger partial charge in [0.1, 0.15) is 0 Å². The van der Waals surface area contributed by atoms with Crippen molar-refractivity contribution in [3.63, 3.8) is 0 Å². The lowest BCUT2D eigenvalue weighted by atomic mass is 10.2. The van der Waals surface area contributed by atoms with Crippen LogP contribution in [-0.2, 0) is 14.8 Å². The predicted molar refractivity (Wildman–Crippen MR) is 97.9 cm³/mol. The van der Waals surface area contributed by atoms with E-state index in [2.05, 4.69) is 5.32 Å². The predicted octanol–water partition coefficient (Wildman–Crippen LogP) is 2.27. The fourth-order valence-electron chi connectivity index (χ4n) is 2.63. The van der Waals surface area contributed by atoms with E-state index in [1.165, 1.54) is 6.07 Å². The first-order valence-corrected chi connectivity index (χ1v) is 9.43. The minimum atomic E-state index is -3.54. The van der Waals surface area contributed by atoms with E-state index in [1.807, 2.05) is 0 Å². The molecule has 0 unspecified atom stereocenters. The van der Waals surface area contributed by atoms with Crippen molar-refractivity contribution in [2.24, 2.45) is 5.73 Å². The number of nitrogens with zero attached hydrogens (tertiary/aromatic N) is 1. The Labute approximate surface area is 150 Å². The van der Waals surface area contributed by atoms with Crippen LogP contribution in [-0.4, -0.2) is 37.8 Å². The van der Waals surface area contributed by atoms with Gasteiger partial charge in [0.2, 0.25) is 15.9 Å². The van der Waals surface area contributed by atoms with Crippen molar-refractivity contribution in [2.75, 3.05) is 18.4 Å². The van der Waals surface area contributed by atoms with Crippen LogP contribution in [0, 0.1) is 6.92 Å². The normalized spacial score (nSPS) is 17.5. The average Bonchev–Trinajstić information content (AvgIpc) is 2.78. The van der Waals surface area contributed by atoms with E-state index in [9.17, 15) is 13.2 Å². The second-order valence-electron chi connectivity index (χ2n) is 6.08. The highest BCUT2D eigenvalue weighted by molar-refractivity contribution is 7.89. The van der Waals surface area contributed by atoms with Crippen molar-refractivity contribution in [1.29, 1.82) is 0 Å². The molecule has 8 heteroatoms. The van der Waals surface area contributed by atoms with Crippen molar-refractivity contribution in [3.8, 4) is 0 Å². The van der Waals surface area contributed by atoms with Gasteiger partial charge in [-0.3, -0.25) is 4.79 Å². The summed E-state index contributed by atoms with van der Waals surface area (Å²) in [6.07, 6.45) is 3.91. The quantitative estimate of drug-likeness (QED) is 0.844. The van der Waals surface area contributed by atoms with Crippen molar-refractivity contribution >= 4 is 34.0 Å². The van der Waals surface area contributed by atoms with Gasteiger partial charge in [0.25, 0.3) is 0 Å². The van der Waals surface area contributed by atoms with Gasteiger partial charge in [-0.25, -0.2) is 8.42 Å². The van der Waals surface area contributed by atoms with Crippen LogP contribution in [0.2, 0.25) is 0 Å². The molecule has 0 spiro atoms. The molecule has 24 heavy (non-hydrogen) atoms. The monoisotopic (exact) mass is 375 g/mol. The summed E-state index contributed by atoms with van der Waals surface area (Å²) in [6.45, 7) is 4.46. The molecule has 1 aliphatic heterocycles. The Morgan fingerprint density at radius 3 is 2.33 bits per heavy atom. The van der Waals surface area contributed by atoms with Crippen LogP contribution in [0.5, 0.6) is 0 Å². The molecule has 1 aromatic carbocycles. The molecule has 0 aliphatic carbocycles.